The van der Waals surface area contributed by atoms with Crippen molar-refractivity contribution in [2.45, 2.75) is 58.2 Å². The normalized spacial score (nSPS) is 19.9. The smallest absolute Gasteiger partial charge is 0.236 e. The largest absolute Gasteiger partial charge is 0.339 e. The number of nitrogens with zero attached hydrogens (tertiary/aromatic N) is 3. The average molecular weight is 344 g/mol. The number of rotatable bonds is 6. The van der Waals surface area contributed by atoms with Gasteiger partial charge in [-0.1, -0.05) is 43.2 Å². The van der Waals surface area contributed by atoms with Crippen LogP contribution < -0.4 is 0 Å². The van der Waals surface area contributed by atoms with E-state index in [9.17, 15) is 4.79 Å². The lowest BCUT2D eigenvalue weighted by Crippen LogP contribution is -2.52. The van der Waals surface area contributed by atoms with Gasteiger partial charge in [-0.15, -0.1) is 0 Å². The van der Waals surface area contributed by atoms with Gasteiger partial charge in [0.25, 0.3) is 0 Å². The first-order valence-electron chi connectivity index (χ1n) is 9.93. The minimum atomic E-state index is 0.319. The molecule has 0 N–H and O–H groups in total. The highest BCUT2D eigenvalue weighted by Gasteiger charge is 2.29. The Kier molecular flexibility index (Phi) is 6.49. The molecule has 3 rings (SSSR count). The zero-order valence-electron chi connectivity index (χ0n) is 15.9. The zero-order chi connectivity index (χ0) is 17.6. The molecule has 1 saturated carbocycles. The van der Waals surface area contributed by atoms with Gasteiger partial charge in [-0.25, -0.2) is 0 Å². The molecule has 1 heterocycles. The van der Waals surface area contributed by atoms with Gasteiger partial charge in [-0.3, -0.25) is 14.6 Å². The number of carbonyl (C=O) groups excluding carboxylic acids is 1. The molecule has 1 aliphatic carbocycles. The zero-order valence-corrected chi connectivity index (χ0v) is 15.9. The van der Waals surface area contributed by atoms with Crippen LogP contribution in [0.2, 0.25) is 0 Å². The van der Waals surface area contributed by atoms with Gasteiger partial charge in [0, 0.05) is 44.8 Å². The van der Waals surface area contributed by atoms with Crippen LogP contribution in [0.5, 0.6) is 0 Å². The maximum atomic E-state index is 12.8. The average Bonchev–Trinajstić information content (AvgIpc) is 3.15. The Bertz CT molecular complexity index is 531. The summed E-state index contributed by atoms with van der Waals surface area (Å²) in [6.45, 7) is 9.72. The first kappa shape index (κ1) is 18.4. The number of hydrogen-bond acceptors (Lipinski definition) is 3. The van der Waals surface area contributed by atoms with Crippen LogP contribution in [-0.4, -0.2) is 65.4 Å². The minimum absolute atomic E-state index is 0.319. The molecule has 4 heteroatoms. The van der Waals surface area contributed by atoms with Gasteiger partial charge in [0.2, 0.25) is 5.91 Å². The Morgan fingerprint density at radius 3 is 2.32 bits per heavy atom. The van der Waals surface area contributed by atoms with E-state index in [1.54, 1.807) is 0 Å². The fourth-order valence-electron chi connectivity index (χ4n) is 4.22. The summed E-state index contributed by atoms with van der Waals surface area (Å²) in [5.41, 5.74) is 1.36. The second kappa shape index (κ2) is 8.81. The van der Waals surface area contributed by atoms with Crippen LogP contribution in [0.25, 0.3) is 0 Å². The molecular formula is C21H33N3O. The summed E-state index contributed by atoms with van der Waals surface area (Å²) in [5.74, 6) is 0.319. The lowest BCUT2D eigenvalue weighted by molar-refractivity contribution is -0.135. The van der Waals surface area contributed by atoms with Crippen molar-refractivity contribution in [2.75, 3.05) is 32.7 Å². The molecular weight excluding hydrogens is 310 g/mol. The van der Waals surface area contributed by atoms with Crippen molar-refractivity contribution < 1.29 is 4.79 Å². The Balaban J connectivity index is 1.47. The van der Waals surface area contributed by atoms with E-state index in [4.69, 9.17) is 0 Å². The van der Waals surface area contributed by atoms with Gasteiger partial charge in [0.1, 0.15) is 0 Å². The summed E-state index contributed by atoms with van der Waals surface area (Å²) >= 11 is 0. The van der Waals surface area contributed by atoms with Crippen LogP contribution in [-0.2, 0) is 11.3 Å². The fraction of sp³-hybridized carbons (Fsp3) is 0.667. The Hall–Kier alpha value is -1.39. The summed E-state index contributed by atoms with van der Waals surface area (Å²) in [6, 6.07) is 11.7. The van der Waals surface area contributed by atoms with E-state index in [2.05, 4.69) is 58.9 Å². The van der Waals surface area contributed by atoms with Gasteiger partial charge in [0.05, 0.1) is 6.54 Å². The molecule has 0 spiro atoms. The highest BCUT2D eigenvalue weighted by atomic mass is 16.2. The summed E-state index contributed by atoms with van der Waals surface area (Å²) in [7, 11) is 0. The molecule has 1 saturated heterocycles. The maximum absolute atomic E-state index is 12.8. The van der Waals surface area contributed by atoms with Crippen molar-refractivity contribution in [2.24, 2.45) is 0 Å². The van der Waals surface area contributed by atoms with Crippen molar-refractivity contribution in [3.8, 4) is 0 Å². The third-order valence-corrected chi connectivity index (χ3v) is 5.75. The van der Waals surface area contributed by atoms with Gasteiger partial charge < -0.3 is 4.90 Å². The molecule has 1 amide bonds. The lowest BCUT2D eigenvalue weighted by atomic mass is 10.1. The van der Waals surface area contributed by atoms with Crippen LogP contribution in [0.1, 0.15) is 45.1 Å². The van der Waals surface area contributed by atoms with E-state index in [-0.39, 0.29) is 0 Å². The van der Waals surface area contributed by atoms with Crippen molar-refractivity contribution in [1.82, 2.24) is 14.7 Å². The van der Waals surface area contributed by atoms with E-state index >= 15 is 0 Å². The molecule has 0 atom stereocenters. The monoisotopic (exact) mass is 343 g/mol. The Morgan fingerprint density at radius 1 is 1.08 bits per heavy atom. The van der Waals surface area contributed by atoms with Gasteiger partial charge in [-0.05, 0) is 32.3 Å². The second-order valence-corrected chi connectivity index (χ2v) is 7.85. The molecule has 1 aromatic rings. The van der Waals surface area contributed by atoms with Crippen molar-refractivity contribution >= 4 is 5.91 Å². The van der Waals surface area contributed by atoms with Crippen LogP contribution in [0.4, 0.5) is 0 Å². The van der Waals surface area contributed by atoms with Crippen LogP contribution in [0, 0.1) is 0 Å². The van der Waals surface area contributed by atoms with Crippen LogP contribution in [0.15, 0.2) is 30.3 Å². The van der Waals surface area contributed by atoms with Gasteiger partial charge >= 0.3 is 0 Å². The quantitative estimate of drug-likeness (QED) is 0.794. The number of amides is 1. The predicted octanol–water partition coefficient (Wildman–Crippen LogP) is 2.98. The third kappa shape index (κ3) is 5.05. The first-order chi connectivity index (χ1) is 12.1. The number of benzene rings is 1. The molecule has 0 aromatic heterocycles. The van der Waals surface area contributed by atoms with Crippen molar-refractivity contribution in [3.63, 3.8) is 0 Å². The molecule has 1 aliphatic heterocycles. The van der Waals surface area contributed by atoms with Crippen LogP contribution >= 0.6 is 0 Å². The highest BCUT2D eigenvalue weighted by Crippen LogP contribution is 2.25. The van der Waals surface area contributed by atoms with E-state index < -0.39 is 0 Å². The Morgan fingerprint density at radius 2 is 1.72 bits per heavy atom. The fourth-order valence-corrected chi connectivity index (χ4v) is 4.22. The van der Waals surface area contributed by atoms with E-state index in [1.165, 1.54) is 31.2 Å². The summed E-state index contributed by atoms with van der Waals surface area (Å²) in [4.78, 5) is 19.8. The molecule has 138 valence electrons. The second-order valence-electron chi connectivity index (χ2n) is 7.85. The standard InChI is InChI=1S/C21H33N3O/c1-18(2)24(20-10-6-7-11-20)17-21(25)23-14-12-22(13-15-23)16-19-8-4-3-5-9-19/h3-5,8-9,18,20H,6-7,10-17H2,1-2H3. The minimum Gasteiger partial charge on any atom is -0.339 e. The molecule has 0 radical (unpaired) electrons. The van der Waals surface area contributed by atoms with E-state index in [1.807, 2.05) is 0 Å². The summed E-state index contributed by atoms with van der Waals surface area (Å²) < 4.78 is 0. The molecule has 0 bridgehead atoms. The maximum Gasteiger partial charge on any atom is 0.236 e. The Labute approximate surface area is 152 Å². The topological polar surface area (TPSA) is 26.8 Å². The highest BCUT2D eigenvalue weighted by molar-refractivity contribution is 5.78. The van der Waals surface area contributed by atoms with E-state index in [0.29, 0.717) is 24.5 Å². The molecule has 2 fully saturated rings. The molecule has 1 aromatic carbocycles. The van der Waals surface area contributed by atoms with Crippen molar-refractivity contribution in [1.29, 1.82) is 0 Å². The molecule has 2 aliphatic rings. The lowest BCUT2D eigenvalue weighted by Gasteiger charge is -2.38. The van der Waals surface area contributed by atoms with Crippen molar-refractivity contribution in [3.05, 3.63) is 35.9 Å². The number of piperazine rings is 1. The van der Waals surface area contributed by atoms with E-state index in [0.717, 1.165) is 32.7 Å². The van der Waals surface area contributed by atoms with Gasteiger partial charge in [-0.2, -0.15) is 0 Å². The van der Waals surface area contributed by atoms with Gasteiger partial charge in [0.15, 0.2) is 0 Å². The third-order valence-electron chi connectivity index (χ3n) is 5.75. The molecule has 0 unspecified atom stereocenters. The first-order valence-corrected chi connectivity index (χ1v) is 9.93. The van der Waals surface area contributed by atoms with Crippen LogP contribution in [0.3, 0.4) is 0 Å². The number of carbonyl (C=O) groups is 1. The molecule has 4 nitrogen and oxygen atoms in total. The number of hydrogen-bond donors (Lipinski definition) is 0. The summed E-state index contributed by atoms with van der Waals surface area (Å²) in [6.07, 6.45) is 5.16. The SMILES string of the molecule is CC(C)N(CC(=O)N1CCN(Cc2ccccc2)CC1)C1CCCC1. The summed E-state index contributed by atoms with van der Waals surface area (Å²) in [5, 5.41) is 0. The molecule has 25 heavy (non-hydrogen) atoms. The predicted molar refractivity (Wildman–Crippen MR) is 102 cm³/mol.